The van der Waals surface area contributed by atoms with Crippen LogP contribution in [0.25, 0.3) is 0 Å². The molecule has 0 amide bonds. The van der Waals surface area contributed by atoms with E-state index in [9.17, 15) is 4.79 Å². The Morgan fingerprint density at radius 3 is 2.50 bits per heavy atom. The van der Waals surface area contributed by atoms with Crippen molar-refractivity contribution in [2.75, 3.05) is 7.11 Å². The summed E-state index contributed by atoms with van der Waals surface area (Å²) in [6.07, 6.45) is 0. The van der Waals surface area contributed by atoms with E-state index in [0.717, 1.165) is 0 Å². The molecule has 0 heterocycles. The van der Waals surface area contributed by atoms with Crippen LogP contribution < -0.4 is 4.74 Å². The molecule has 0 atom stereocenters. The smallest absolute Gasteiger partial charge is 0.231 e. The number of halogens is 1. The Bertz CT molecular complexity index is 345. The topological polar surface area (TPSA) is 26.3 Å². The summed E-state index contributed by atoms with van der Waals surface area (Å²) in [5.41, 5.74) is 1.73. The van der Waals surface area contributed by atoms with Gasteiger partial charge in [-0.1, -0.05) is 19.9 Å². The number of carbonyl (C=O) groups excluding carboxylic acids is 1. The molecule has 0 bridgehead atoms. The summed E-state index contributed by atoms with van der Waals surface area (Å²) >= 11 is 2.92. The van der Waals surface area contributed by atoms with E-state index >= 15 is 0 Å². The Hall–Kier alpha value is -0.830. The maximum atomic E-state index is 11.1. The number of hydrogen-bond acceptors (Lipinski definition) is 2. The lowest BCUT2D eigenvalue weighted by atomic mass is 10.0. The molecule has 0 aromatic heterocycles. The predicted octanol–water partition coefficient (Wildman–Crippen LogP) is 3.35. The van der Waals surface area contributed by atoms with Gasteiger partial charge in [0.2, 0.25) is 4.69 Å². The molecular weight excluding hydrogens is 244 g/mol. The van der Waals surface area contributed by atoms with Crippen LogP contribution in [0.1, 0.15) is 35.7 Å². The second-order valence-electron chi connectivity index (χ2n) is 3.39. The second-order valence-corrected chi connectivity index (χ2v) is 4.11. The molecule has 0 radical (unpaired) electrons. The summed E-state index contributed by atoms with van der Waals surface area (Å²) in [6, 6.07) is 5.63. The Balaban J connectivity index is 3.18. The van der Waals surface area contributed by atoms with Crippen LogP contribution in [0.4, 0.5) is 0 Å². The van der Waals surface area contributed by atoms with Crippen molar-refractivity contribution < 1.29 is 9.53 Å². The number of carbonyl (C=O) groups is 1. The summed E-state index contributed by atoms with van der Waals surface area (Å²) in [5.74, 6) is 1.06. The average molecular weight is 257 g/mol. The van der Waals surface area contributed by atoms with E-state index in [1.165, 1.54) is 5.56 Å². The van der Waals surface area contributed by atoms with E-state index in [0.29, 0.717) is 17.2 Å². The van der Waals surface area contributed by atoms with Gasteiger partial charge >= 0.3 is 0 Å². The highest BCUT2D eigenvalue weighted by Gasteiger charge is 2.10. The van der Waals surface area contributed by atoms with Gasteiger partial charge in [-0.05, 0) is 39.5 Å². The number of rotatable bonds is 3. The van der Waals surface area contributed by atoms with Crippen LogP contribution in [0, 0.1) is 0 Å². The normalized spacial score (nSPS) is 10.4. The van der Waals surface area contributed by atoms with Crippen LogP contribution in [0.2, 0.25) is 0 Å². The first kappa shape index (κ1) is 11.2. The van der Waals surface area contributed by atoms with Gasteiger partial charge in [0.25, 0.3) is 0 Å². The van der Waals surface area contributed by atoms with Crippen molar-refractivity contribution >= 4 is 20.6 Å². The maximum Gasteiger partial charge on any atom is 0.231 e. The van der Waals surface area contributed by atoms with Crippen LogP contribution in [0.5, 0.6) is 5.75 Å². The average Bonchev–Trinajstić information content (AvgIpc) is 2.16. The maximum absolute atomic E-state index is 11.1. The first-order chi connectivity index (χ1) is 6.56. The van der Waals surface area contributed by atoms with Crippen molar-refractivity contribution in [1.82, 2.24) is 0 Å². The first-order valence-electron chi connectivity index (χ1n) is 4.44. The van der Waals surface area contributed by atoms with Gasteiger partial charge in [-0.15, -0.1) is 0 Å². The summed E-state index contributed by atoms with van der Waals surface area (Å²) in [4.78, 5) is 11.1. The zero-order valence-corrected chi connectivity index (χ0v) is 10.1. The van der Waals surface area contributed by atoms with Gasteiger partial charge in [0.15, 0.2) is 0 Å². The molecular formula is C11H13BrO2. The summed E-state index contributed by atoms with van der Waals surface area (Å²) in [6.45, 7) is 4.20. The predicted molar refractivity (Wildman–Crippen MR) is 60.3 cm³/mol. The summed E-state index contributed by atoms with van der Waals surface area (Å²) < 4.78 is 5.00. The van der Waals surface area contributed by atoms with E-state index < -0.39 is 0 Å². The minimum absolute atomic E-state index is 0.148. The van der Waals surface area contributed by atoms with Gasteiger partial charge in [-0.25, -0.2) is 0 Å². The zero-order chi connectivity index (χ0) is 10.7. The molecule has 0 aliphatic carbocycles. The number of benzene rings is 1. The molecule has 0 saturated heterocycles. The van der Waals surface area contributed by atoms with E-state index in [4.69, 9.17) is 4.74 Å². The third-order valence-corrected chi connectivity index (χ3v) is 2.53. The molecule has 0 unspecified atom stereocenters. The second kappa shape index (κ2) is 4.60. The van der Waals surface area contributed by atoms with Gasteiger partial charge in [0.05, 0.1) is 12.7 Å². The van der Waals surface area contributed by atoms with Crippen LogP contribution in [-0.4, -0.2) is 11.8 Å². The van der Waals surface area contributed by atoms with E-state index in [1.54, 1.807) is 13.2 Å². The number of ether oxygens (including phenoxy) is 1. The fraction of sp³-hybridized carbons (Fsp3) is 0.364. The largest absolute Gasteiger partial charge is 0.496 e. The van der Waals surface area contributed by atoms with Gasteiger partial charge in [-0.3, -0.25) is 4.79 Å². The van der Waals surface area contributed by atoms with Crippen LogP contribution in [0.15, 0.2) is 18.2 Å². The highest BCUT2D eigenvalue weighted by atomic mass is 79.9. The molecule has 2 nitrogen and oxygen atoms in total. The Labute approximate surface area is 92.4 Å². The van der Waals surface area contributed by atoms with Crippen LogP contribution >= 0.6 is 15.9 Å². The minimum Gasteiger partial charge on any atom is -0.496 e. The van der Waals surface area contributed by atoms with Crippen molar-refractivity contribution in [2.45, 2.75) is 19.8 Å². The standard InChI is InChI=1S/C11H13BrO2/c1-7(2)8-4-5-9(11(12)13)10(6-8)14-3/h4-7H,1-3H3. The Kier molecular flexibility index (Phi) is 3.69. The van der Waals surface area contributed by atoms with Crippen molar-refractivity contribution in [2.24, 2.45) is 0 Å². The minimum atomic E-state index is -0.148. The molecule has 0 fully saturated rings. The van der Waals surface area contributed by atoms with Crippen molar-refractivity contribution in [3.05, 3.63) is 29.3 Å². The molecule has 3 heteroatoms. The first-order valence-corrected chi connectivity index (χ1v) is 5.23. The lowest BCUT2D eigenvalue weighted by Crippen LogP contribution is -1.97. The molecule has 76 valence electrons. The molecule has 1 rings (SSSR count). The van der Waals surface area contributed by atoms with E-state index in [1.807, 2.05) is 12.1 Å². The molecule has 1 aromatic rings. The van der Waals surface area contributed by atoms with Crippen molar-refractivity contribution in [1.29, 1.82) is 0 Å². The molecule has 0 aliphatic heterocycles. The van der Waals surface area contributed by atoms with E-state index in [-0.39, 0.29) is 4.69 Å². The lowest BCUT2D eigenvalue weighted by Gasteiger charge is -2.10. The van der Waals surface area contributed by atoms with Gasteiger partial charge in [0.1, 0.15) is 5.75 Å². The zero-order valence-electron chi connectivity index (χ0n) is 8.50. The molecule has 0 N–H and O–H groups in total. The van der Waals surface area contributed by atoms with Gasteiger partial charge < -0.3 is 4.74 Å². The SMILES string of the molecule is COc1cc(C(C)C)ccc1C(=O)Br. The van der Waals surface area contributed by atoms with Crippen molar-refractivity contribution in [3.8, 4) is 5.75 Å². The molecule has 14 heavy (non-hydrogen) atoms. The van der Waals surface area contributed by atoms with Gasteiger partial charge in [-0.2, -0.15) is 0 Å². The molecule has 1 aromatic carbocycles. The monoisotopic (exact) mass is 256 g/mol. The highest BCUT2D eigenvalue weighted by molar-refractivity contribution is 9.18. The fourth-order valence-corrected chi connectivity index (χ4v) is 1.56. The third kappa shape index (κ3) is 2.35. The quantitative estimate of drug-likeness (QED) is 0.776. The number of hydrogen-bond donors (Lipinski definition) is 0. The number of methoxy groups -OCH3 is 1. The molecule has 0 aliphatic rings. The summed E-state index contributed by atoms with van der Waals surface area (Å²) in [7, 11) is 1.57. The Morgan fingerprint density at radius 2 is 2.07 bits per heavy atom. The highest BCUT2D eigenvalue weighted by Crippen LogP contribution is 2.26. The summed E-state index contributed by atoms with van der Waals surface area (Å²) in [5, 5.41) is 0. The van der Waals surface area contributed by atoms with E-state index in [2.05, 4.69) is 29.8 Å². The third-order valence-electron chi connectivity index (χ3n) is 2.10. The molecule has 0 spiro atoms. The van der Waals surface area contributed by atoms with Gasteiger partial charge in [0, 0.05) is 0 Å². The van der Waals surface area contributed by atoms with Crippen LogP contribution in [0.3, 0.4) is 0 Å². The lowest BCUT2D eigenvalue weighted by molar-refractivity contribution is 0.109. The van der Waals surface area contributed by atoms with Crippen LogP contribution in [-0.2, 0) is 0 Å². The molecule has 0 saturated carbocycles. The Morgan fingerprint density at radius 1 is 1.43 bits per heavy atom. The van der Waals surface area contributed by atoms with Crippen molar-refractivity contribution in [3.63, 3.8) is 0 Å². The fourth-order valence-electron chi connectivity index (χ4n) is 1.23.